The van der Waals surface area contributed by atoms with Gasteiger partial charge in [-0.1, -0.05) is 17.7 Å². The van der Waals surface area contributed by atoms with Crippen LogP contribution < -0.4 is 4.74 Å². The van der Waals surface area contributed by atoms with Gasteiger partial charge < -0.3 is 4.74 Å². The third kappa shape index (κ3) is 2.70. The first-order valence-corrected chi connectivity index (χ1v) is 6.95. The fourth-order valence-electron chi connectivity index (χ4n) is 1.97. The van der Waals surface area contributed by atoms with Gasteiger partial charge in [-0.05, 0) is 19.9 Å². The smallest absolute Gasteiger partial charge is 0.203 e. The monoisotopic (exact) mass is 286 g/mol. The fraction of sp³-hybridized carbons (Fsp3) is 0.267. The second-order valence-electron chi connectivity index (χ2n) is 4.42. The van der Waals surface area contributed by atoms with Crippen molar-refractivity contribution in [3.8, 4) is 11.8 Å². The van der Waals surface area contributed by atoms with Gasteiger partial charge in [-0.15, -0.1) is 11.3 Å². The number of thiazole rings is 1. The Kier molecular flexibility index (Phi) is 4.16. The van der Waals surface area contributed by atoms with Gasteiger partial charge in [0.05, 0.1) is 18.2 Å². The normalized spacial score (nSPS) is 11.7. The quantitative estimate of drug-likeness (QED) is 0.809. The summed E-state index contributed by atoms with van der Waals surface area (Å²) in [7, 11) is 1.53. The average Bonchev–Trinajstić information content (AvgIpc) is 2.86. The zero-order valence-electron chi connectivity index (χ0n) is 11.5. The number of nitrogens with zero attached hydrogens (tertiary/aromatic N) is 2. The molecule has 102 valence electrons. The van der Waals surface area contributed by atoms with Crippen LogP contribution in [0.15, 0.2) is 23.6 Å². The summed E-state index contributed by atoms with van der Waals surface area (Å²) in [6.07, 6.45) is 0. The highest BCUT2D eigenvalue weighted by Crippen LogP contribution is 2.30. The zero-order valence-corrected chi connectivity index (χ0v) is 12.3. The van der Waals surface area contributed by atoms with Crippen LogP contribution in [0.1, 0.15) is 32.5 Å². The summed E-state index contributed by atoms with van der Waals surface area (Å²) in [4.78, 5) is 16.6. The molecule has 0 bridgehead atoms. The first kappa shape index (κ1) is 14.2. The topological polar surface area (TPSA) is 63.0 Å². The molecule has 1 aromatic heterocycles. The molecule has 1 unspecified atom stereocenters. The molecule has 0 saturated carbocycles. The number of ether oxygens (including phenoxy) is 1. The lowest BCUT2D eigenvalue weighted by atomic mass is 9.92. The summed E-state index contributed by atoms with van der Waals surface area (Å²) in [5.41, 5.74) is 1.90. The van der Waals surface area contributed by atoms with Crippen LogP contribution in [-0.2, 0) is 0 Å². The van der Waals surface area contributed by atoms with Gasteiger partial charge in [0.2, 0.25) is 5.78 Å². The van der Waals surface area contributed by atoms with Crippen LogP contribution in [0.2, 0.25) is 0 Å². The highest BCUT2D eigenvalue weighted by atomic mass is 32.1. The second-order valence-corrected chi connectivity index (χ2v) is 5.49. The molecule has 0 radical (unpaired) electrons. The Balaban J connectivity index is 2.45. The number of carbonyl (C=O) groups is 1. The Morgan fingerprint density at radius 3 is 2.75 bits per heavy atom. The van der Waals surface area contributed by atoms with Gasteiger partial charge in [0.25, 0.3) is 0 Å². The molecule has 1 atom stereocenters. The molecular weight excluding hydrogens is 272 g/mol. The molecule has 0 amide bonds. The predicted molar refractivity (Wildman–Crippen MR) is 77.3 cm³/mol. The van der Waals surface area contributed by atoms with Crippen molar-refractivity contribution in [3.63, 3.8) is 0 Å². The van der Waals surface area contributed by atoms with E-state index < -0.39 is 5.92 Å². The summed E-state index contributed by atoms with van der Waals surface area (Å²) in [6, 6.07) is 7.53. The summed E-state index contributed by atoms with van der Waals surface area (Å²) >= 11 is 1.40. The Bertz CT molecular complexity index is 685. The van der Waals surface area contributed by atoms with Crippen molar-refractivity contribution >= 4 is 17.1 Å². The molecule has 0 spiro atoms. The number of hydrogen-bond donors (Lipinski definition) is 0. The van der Waals surface area contributed by atoms with E-state index in [2.05, 4.69) is 11.1 Å². The second kappa shape index (κ2) is 5.85. The predicted octanol–water partition coefficient (Wildman–Crippen LogP) is 3.26. The molecule has 4 nitrogen and oxygen atoms in total. The number of hydrogen-bond acceptors (Lipinski definition) is 5. The van der Waals surface area contributed by atoms with Crippen LogP contribution in [0, 0.1) is 25.2 Å². The van der Waals surface area contributed by atoms with E-state index in [9.17, 15) is 10.1 Å². The molecule has 0 saturated heterocycles. The highest BCUT2D eigenvalue weighted by Gasteiger charge is 2.26. The molecule has 0 aliphatic carbocycles. The zero-order chi connectivity index (χ0) is 14.7. The highest BCUT2D eigenvalue weighted by molar-refractivity contribution is 7.09. The largest absolute Gasteiger partial charge is 0.496 e. The van der Waals surface area contributed by atoms with E-state index in [-0.39, 0.29) is 5.78 Å². The summed E-state index contributed by atoms with van der Waals surface area (Å²) < 4.78 is 5.25. The third-order valence-electron chi connectivity index (χ3n) is 2.96. The SMILES string of the molecule is COc1ccc(C)cc1C(C#N)C(=O)c1csc(C)n1. The lowest BCUT2D eigenvalue weighted by Gasteiger charge is -2.12. The van der Waals surface area contributed by atoms with E-state index in [1.54, 1.807) is 11.4 Å². The Hall–Kier alpha value is -2.19. The van der Waals surface area contributed by atoms with Gasteiger partial charge in [0.1, 0.15) is 17.4 Å². The fourth-order valence-corrected chi connectivity index (χ4v) is 2.58. The molecule has 1 aromatic carbocycles. The molecule has 0 aliphatic rings. The first-order chi connectivity index (χ1) is 9.56. The van der Waals surface area contributed by atoms with Crippen LogP contribution >= 0.6 is 11.3 Å². The van der Waals surface area contributed by atoms with E-state index in [0.717, 1.165) is 10.6 Å². The average molecular weight is 286 g/mol. The van der Waals surface area contributed by atoms with Crippen LogP contribution in [0.25, 0.3) is 0 Å². The van der Waals surface area contributed by atoms with Gasteiger partial charge in [0.15, 0.2) is 0 Å². The van der Waals surface area contributed by atoms with Gasteiger partial charge in [-0.2, -0.15) is 5.26 Å². The molecule has 2 aromatic rings. The maximum atomic E-state index is 12.4. The van der Waals surface area contributed by atoms with Crippen molar-refractivity contribution in [2.75, 3.05) is 7.11 Å². The van der Waals surface area contributed by atoms with Crippen molar-refractivity contribution in [2.45, 2.75) is 19.8 Å². The number of carbonyl (C=O) groups excluding carboxylic acids is 1. The van der Waals surface area contributed by atoms with Gasteiger partial charge in [-0.25, -0.2) is 4.98 Å². The number of ketones is 1. The van der Waals surface area contributed by atoms with Crippen LogP contribution in [0.3, 0.4) is 0 Å². The number of Topliss-reactive ketones (excluding diaryl/α,β-unsaturated/α-hetero) is 1. The van der Waals surface area contributed by atoms with E-state index in [1.165, 1.54) is 18.4 Å². The maximum absolute atomic E-state index is 12.4. The lowest BCUT2D eigenvalue weighted by molar-refractivity contribution is 0.0973. The minimum Gasteiger partial charge on any atom is -0.496 e. The van der Waals surface area contributed by atoms with Crippen molar-refractivity contribution in [1.29, 1.82) is 5.26 Å². The number of methoxy groups -OCH3 is 1. The first-order valence-electron chi connectivity index (χ1n) is 6.07. The number of aryl methyl sites for hydroxylation is 2. The number of benzene rings is 1. The van der Waals surface area contributed by atoms with Crippen molar-refractivity contribution in [1.82, 2.24) is 4.98 Å². The maximum Gasteiger partial charge on any atom is 0.203 e. The van der Waals surface area contributed by atoms with Crippen LogP contribution in [0.5, 0.6) is 5.75 Å². The Morgan fingerprint density at radius 2 is 2.20 bits per heavy atom. The minimum atomic E-state index is -0.897. The molecule has 1 heterocycles. The van der Waals surface area contributed by atoms with Crippen LogP contribution in [-0.4, -0.2) is 17.9 Å². The van der Waals surface area contributed by atoms with Crippen molar-refractivity contribution in [3.05, 3.63) is 45.4 Å². The van der Waals surface area contributed by atoms with E-state index in [1.807, 2.05) is 26.0 Å². The standard InChI is InChI=1S/C15H14N2O2S/c1-9-4-5-14(19-3)11(6-9)12(7-16)15(18)13-8-20-10(2)17-13/h4-6,8,12H,1-3H3. The van der Waals surface area contributed by atoms with Gasteiger partial charge >= 0.3 is 0 Å². The summed E-state index contributed by atoms with van der Waals surface area (Å²) in [5, 5.41) is 11.9. The van der Waals surface area contributed by atoms with Crippen molar-refractivity contribution in [2.24, 2.45) is 0 Å². The third-order valence-corrected chi connectivity index (χ3v) is 3.73. The Labute approximate surface area is 121 Å². The van der Waals surface area contributed by atoms with Crippen LogP contribution in [0.4, 0.5) is 0 Å². The Morgan fingerprint density at radius 1 is 1.45 bits per heavy atom. The number of rotatable bonds is 4. The molecule has 0 aliphatic heterocycles. The number of nitriles is 1. The summed E-state index contributed by atoms with van der Waals surface area (Å²) in [5.74, 6) is -0.644. The molecule has 5 heteroatoms. The molecule has 0 N–H and O–H groups in total. The molecular formula is C15H14N2O2S. The summed E-state index contributed by atoms with van der Waals surface area (Å²) in [6.45, 7) is 3.74. The number of aromatic nitrogens is 1. The van der Waals surface area contributed by atoms with Gasteiger partial charge in [0, 0.05) is 10.9 Å². The van der Waals surface area contributed by atoms with E-state index >= 15 is 0 Å². The molecule has 0 fully saturated rings. The van der Waals surface area contributed by atoms with E-state index in [4.69, 9.17) is 4.74 Å². The molecule has 2 rings (SSSR count). The van der Waals surface area contributed by atoms with Gasteiger partial charge in [-0.3, -0.25) is 4.79 Å². The molecule has 20 heavy (non-hydrogen) atoms. The lowest BCUT2D eigenvalue weighted by Crippen LogP contribution is -2.13. The minimum absolute atomic E-state index is 0.291. The van der Waals surface area contributed by atoms with E-state index in [0.29, 0.717) is 17.0 Å². The van der Waals surface area contributed by atoms with Crippen molar-refractivity contribution < 1.29 is 9.53 Å².